The largest absolute Gasteiger partial charge is 0.336 e. The third-order valence-corrected chi connectivity index (χ3v) is 4.79. The van der Waals surface area contributed by atoms with E-state index < -0.39 is 0 Å². The Morgan fingerprint density at radius 3 is 2.71 bits per heavy atom. The summed E-state index contributed by atoms with van der Waals surface area (Å²) in [5.74, 6) is -0.277. The third kappa shape index (κ3) is 4.89. The van der Waals surface area contributed by atoms with Gasteiger partial charge in [-0.3, -0.25) is 4.79 Å². The molecule has 2 aromatic rings. The van der Waals surface area contributed by atoms with E-state index in [4.69, 9.17) is 0 Å². The number of benzene rings is 1. The van der Waals surface area contributed by atoms with E-state index in [2.05, 4.69) is 10.3 Å². The number of carbonyl (C=O) groups is 1. The molecule has 3 rings (SSSR count). The Labute approximate surface area is 157 Å². The van der Waals surface area contributed by atoms with Crippen molar-refractivity contribution in [2.75, 3.05) is 20.1 Å². The number of hydrogen-bond donors (Lipinski definition) is 1. The molecule has 1 atom stereocenters. The number of nitrogens with zero attached hydrogens (tertiary/aromatic N) is 2. The summed E-state index contributed by atoms with van der Waals surface area (Å²) in [6, 6.07) is 6.62. The monoisotopic (exact) mass is 391 g/mol. The summed E-state index contributed by atoms with van der Waals surface area (Å²) < 4.78 is 12.9. The zero-order valence-corrected chi connectivity index (χ0v) is 15.6. The molecule has 0 radical (unpaired) electrons. The third-order valence-electron chi connectivity index (χ3n) is 3.94. The molecule has 1 aromatic carbocycles. The van der Waals surface area contributed by atoms with Gasteiger partial charge < -0.3 is 10.2 Å². The zero-order valence-electron chi connectivity index (χ0n) is 13.2. The molecule has 4 nitrogen and oxygen atoms in total. The van der Waals surface area contributed by atoms with Gasteiger partial charge in [0.2, 0.25) is 0 Å². The molecule has 1 aliphatic heterocycles. The molecule has 1 N–H and O–H groups in total. The second-order valence-corrected chi connectivity index (χ2v) is 6.44. The standard InChI is InChI=1S/C16H18FN3OS.2ClH/c1-20(13-6-7-18-9-13)16(21)14-10-22-15(19-14)8-11-2-4-12(17)5-3-11;;/h2-5,10,13,18H,6-9H2,1H3;2*1H. The summed E-state index contributed by atoms with van der Waals surface area (Å²) in [7, 11) is 1.83. The quantitative estimate of drug-likeness (QED) is 0.870. The van der Waals surface area contributed by atoms with Crippen LogP contribution < -0.4 is 5.32 Å². The van der Waals surface area contributed by atoms with Gasteiger partial charge in [0.1, 0.15) is 11.5 Å². The maximum atomic E-state index is 12.9. The van der Waals surface area contributed by atoms with Crippen LogP contribution >= 0.6 is 36.2 Å². The van der Waals surface area contributed by atoms with Crippen molar-refractivity contribution in [3.8, 4) is 0 Å². The molecule has 1 unspecified atom stereocenters. The topological polar surface area (TPSA) is 45.2 Å². The van der Waals surface area contributed by atoms with Gasteiger partial charge in [0, 0.05) is 31.4 Å². The van der Waals surface area contributed by atoms with Gasteiger partial charge in [0.15, 0.2) is 0 Å². The number of rotatable bonds is 4. The molecule has 1 saturated heterocycles. The number of halogens is 3. The van der Waals surface area contributed by atoms with Crippen LogP contribution in [0.5, 0.6) is 0 Å². The van der Waals surface area contributed by atoms with Gasteiger partial charge in [0.05, 0.1) is 5.01 Å². The molecular weight excluding hydrogens is 372 g/mol. The summed E-state index contributed by atoms with van der Waals surface area (Å²) in [5, 5.41) is 5.93. The van der Waals surface area contributed by atoms with Crippen molar-refractivity contribution in [1.29, 1.82) is 0 Å². The van der Waals surface area contributed by atoms with E-state index in [9.17, 15) is 9.18 Å². The van der Waals surface area contributed by atoms with Crippen molar-refractivity contribution >= 4 is 42.1 Å². The van der Waals surface area contributed by atoms with Crippen molar-refractivity contribution in [1.82, 2.24) is 15.2 Å². The number of amides is 1. The molecule has 0 saturated carbocycles. The van der Waals surface area contributed by atoms with E-state index >= 15 is 0 Å². The number of thiazole rings is 1. The molecule has 24 heavy (non-hydrogen) atoms. The molecule has 1 aliphatic rings. The number of nitrogens with one attached hydrogen (secondary N) is 1. The highest BCUT2D eigenvalue weighted by atomic mass is 35.5. The molecule has 0 aliphatic carbocycles. The smallest absolute Gasteiger partial charge is 0.273 e. The first kappa shape index (κ1) is 20.8. The Balaban J connectivity index is 0.00000144. The average molecular weight is 392 g/mol. The Bertz CT molecular complexity index is 660. The van der Waals surface area contributed by atoms with Gasteiger partial charge in [-0.2, -0.15) is 0 Å². The second kappa shape index (κ2) is 9.32. The molecule has 132 valence electrons. The molecule has 0 spiro atoms. The van der Waals surface area contributed by atoms with Gasteiger partial charge in [-0.05, 0) is 30.7 Å². The predicted octanol–water partition coefficient (Wildman–Crippen LogP) is 3.15. The van der Waals surface area contributed by atoms with Crippen LogP contribution in [-0.4, -0.2) is 42.0 Å². The first-order chi connectivity index (χ1) is 10.6. The van der Waals surface area contributed by atoms with Crippen LogP contribution in [0.3, 0.4) is 0 Å². The number of likely N-dealkylation sites (N-methyl/N-ethyl adjacent to an activating group) is 1. The number of hydrogen-bond acceptors (Lipinski definition) is 4. The highest BCUT2D eigenvalue weighted by Crippen LogP contribution is 2.18. The summed E-state index contributed by atoms with van der Waals surface area (Å²) in [4.78, 5) is 18.6. The van der Waals surface area contributed by atoms with E-state index in [0.717, 1.165) is 30.1 Å². The normalized spacial score (nSPS) is 16.2. The predicted molar refractivity (Wildman–Crippen MR) is 99.2 cm³/mol. The number of carbonyl (C=O) groups excluding carboxylic acids is 1. The maximum absolute atomic E-state index is 12.9. The van der Waals surface area contributed by atoms with E-state index in [1.54, 1.807) is 22.4 Å². The first-order valence-electron chi connectivity index (χ1n) is 7.30. The Kier molecular flexibility index (Phi) is 8.09. The van der Waals surface area contributed by atoms with Crippen molar-refractivity contribution in [3.63, 3.8) is 0 Å². The van der Waals surface area contributed by atoms with E-state index in [1.807, 2.05) is 7.05 Å². The maximum Gasteiger partial charge on any atom is 0.273 e. The zero-order chi connectivity index (χ0) is 15.5. The van der Waals surface area contributed by atoms with Crippen LogP contribution in [0.2, 0.25) is 0 Å². The van der Waals surface area contributed by atoms with Gasteiger partial charge in [-0.25, -0.2) is 9.37 Å². The molecule has 2 heterocycles. The van der Waals surface area contributed by atoms with Crippen LogP contribution in [0.4, 0.5) is 4.39 Å². The minimum atomic E-state index is -0.245. The summed E-state index contributed by atoms with van der Waals surface area (Å²) in [5.41, 5.74) is 1.49. The van der Waals surface area contributed by atoms with Gasteiger partial charge >= 0.3 is 0 Å². The van der Waals surface area contributed by atoms with E-state index in [1.165, 1.54) is 23.5 Å². The molecular formula is C16H20Cl2FN3OS. The lowest BCUT2D eigenvalue weighted by Gasteiger charge is -2.22. The highest BCUT2D eigenvalue weighted by Gasteiger charge is 2.25. The Hall–Kier alpha value is -1.21. The van der Waals surface area contributed by atoms with E-state index in [-0.39, 0.29) is 42.6 Å². The Morgan fingerprint density at radius 1 is 1.38 bits per heavy atom. The fraction of sp³-hybridized carbons (Fsp3) is 0.375. The molecule has 8 heteroatoms. The van der Waals surface area contributed by atoms with Gasteiger partial charge in [0.25, 0.3) is 5.91 Å². The fourth-order valence-electron chi connectivity index (χ4n) is 2.58. The van der Waals surface area contributed by atoms with Crippen LogP contribution in [0.1, 0.15) is 27.5 Å². The lowest BCUT2D eigenvalue weighted by molar-refractivity contribution is 0.0738. The van der Waals surface area contributed by atoms with Crippen LogP contribution in [0.15, 0.2) is 29.6 Å². The molecule has 1 fully saturated rings. The number of aromatic nitrogens is 1. The van der Waals surface area contributed by atoms with Crippen LogP contribution in [0, 0.1) is 5.82 Å². The SMILES string of the molecule is CN(C(=O)c1csc(Cc2ccc(F)cc2)n1)C1CCNC1.Cl.Cl. The average Bonchev–Trinajstić information content (AvgIpc) is 3.19. The molecule has 1 aromatic heterocycles. The lowest BCUT2D eigenvalue weighted by atomic mass is 10.1. The van der Waals surface area contributed by atoms with Crippen molar-refractivity contribution in [3.05, 3.63) is 51.7 Å². The minimum absolute atomic E-state index is 0. The second-order valence-electron chi connectivity index (χ2n) is 5.49. The fourth-order valence-corrected chi connectivity index (χ4v) is 3.39. The van der Waals surface area contributed by atoms with E-state index in [0.29, 0.717) is 12.1 Å². The highest BCUT2D eigenvalue weighted by molar-refractivity contribution is 7.09. The van der Waals surface area contributed by atoms with Gasteiger partial charge in [-0.1, -0.05) is 12.1 Å². The van der Waals surface area contributed by atoms with Crippen molar-refractivity contribution < 1.29 is 9.18 Å². The van der Waals surface area contributed by atoms with Crippen LogP contribution in [-0.2, 0) is 6.42 Å². The minimum Gasteiger partial charge on any atom is -0.336 e. The molecule has 0 bridgehead atoms. The summed E-state index contributed by atoms with van der Waals surface area (Å²) in [6.07, 6.45) is 1.60. The first-order valence-corrected chi connectivity index (χ1v) is 8.18. The summed E-state index contributed by atoms with van der Waals surface area (Å²) in [6.45, 7) is 1.80. The summed E-state index contributed by atoms with van der Waals surface area (Å²) >= 11 is 1.47. The van der Waals surface area contributed by atoms with Crippen molar-refractivity contribution in [2.24, 2.45) is 0 Å². The Morgan fingerprint density at radius 2 is 2.08 bits per heavy atom. The van der Waals surface area contributed by atoms with Crippen LogP contribution in [0.25, 0.3) is 0 Å². The van der Waals surface area contributed by atoms with Gasteiger partial charge in [-0.15, -0.1) is 36.2 Å². The van der Waals surface area contributed by atoms with Crippen molar-refractivity contribution in [2.45, 2.75) is 18.9 Å². The molecule has 1 amide bonds. The lowest BCUT2D eigenvalue weighted by Crippen LogP contribution is -2.38.